The second-order valence-corrected chi connectivity index (χ2v) is 5.12. The van der Waals surface area contributed by atoms with Crippen LogP contribution in [0.1, 0.15) is 25.0 Å². The molecule has 2 N–H and O–H groups in total. The van der Waals surface area contributed by atoms with Crippen LogP contribution in [0.25, 0.3) is 0 Å². The Morgan fingerprint density at radius 3 is 2.89 bits per heavy atom. The summed E-state index contributed by atoms with van der Waals surface area (Å²) in [6, 6.07) is 8.12. The molecule has 0 aromatic heterocycles. The van der Waals surface area contributed by atoms with Crippen molar-refractivity contribution in [1.29, 1.82) is 0 Å². The molecular weight excluding hydrogens is 240 g/mol. The minimum Gasteiger partial charge on any atom is -0.377 e. The van der Waals surface area contributed by atoms with Crippen molar-refractivity contribution in [2.45, 2.75) is 39.0 Å². The third-order valence-corrected chi connectivity index (χ3v) is 3.25. The summed E-state index contributed by atoms with van der Waals surface area (Å²) in [7, 11) is 0. The predicted octanol–water partition coefficient (Wildman–Crippen LogP) is 1.24. The quantitative estimate of drug-likeness (QED) is 0.785. The van der Waals surface area contributed by atoms with Crippen LogP contribution in [0.4, 0.5) is 0 Å². The molecule has 1 aliphatic heterocycles. The molecule has 1 amide bonds. The Morgan fingerprint density at radius 2 is 2.16 bits per heavy atom. The molecule has 1 aliphatic rings. The predicted molar refractivity (Wildman–Crippen MR) is 74.9 cm³/mol. The van der Waals surface area contributed by atoms with Crippen LogP contribution >= 0.6 is 0 Å². The first-order valence-corrected chi connectivity index (χ1v) is 6.86. The molecule has 0 radical (unpaired) electrons. The van der Waals surface area contributed by atoms with Gasteiger partial charge in [-0.1, -0.05) is 24.3 Å². The normalized spacial score (nSPS) is 18.2. The van der Waals surface area contributed by atoms with Gasteiger partial charge in [0.1, 0.15) is 0 Å². The number of fused-ring (bicyclic) bond motifs is 1. The van der Waals surface area contributed by atoms with Gasteiger partial charge in [-0.3, -0.25) is 4.79 Å². The highest BCUT2D eigenvalue weighted by molar-refractivity contribution is 5.82. The van der Waals surface area contributed by atoms with Gasteiger partial charge in [0.15, 0.2) is 0 Å². The van der Waals surface area contributed by atoms with Crippen molar-refractivity contribution in [3.8, 4) is 0 Å². The van der Waals surface area contributed by atoms with Crippen molar-refractivity contribution in [2.24, 2.45) is 0 Å². The van der Waals surface area contributed by atoms with Gasteiger partial charge in [-0.15, -0.1) is 0 Å². The maximum atomic E-state index is 12.0. The molecule has 4 heteroatoms. The molecule has 0 saturated heterocycles. The Labute approximate surface area is 114 Å². The zero-order valence-corrected chi connectivity index (χ0v) is 11.6. The van der Waals surface area contributed by atoms with Crippen molar-refractivity contribution < 1.29 is 9.53 Å². The molecule has 4 nitrogen and oxygen atoms in total. The van der Waals surface area contributed by atoms with Crippen molar-refractivity contribution >= 4 is 5.91 Å². The van der Waals surface area contributed by atoms with Crippen LogP contribution in [0.5, 0.6) is 0 Å². The Hall–Kier alpha value is -1.39. The lowest BCUT2D eigenvalue weighted by Crippen LogP contribution is -2.48. The van der Waals surface area contributed by atoms with Gasteiger partial charge in [0.25, 0.3) is 0 Å². The molecule has 0 bridgehead atoms. The van der Waals surface area contributed by atoms with E-state index in [1.54, 1.807) is 0 Å². The topological polar surface area (TPSA) is 50.4 Å². The largest absolute Gasteiger partial charge is 0.377 e. The van der Waals surface area contributed by atoms with E-state index in [1.165, 1.54) is 11.1 Å². The smallest absolute Gasteiger partial charge is 0.237 e. The summed E-state index contributed by atoms with van der Waals surface area (Å²) >= 11 is 0. The molecule has 0 fully saturated rings. The van der Waals surface area contributed by atoms with Gasteiger partial charge in [-0.25, -0.2) is 0 Å². The van der Waals surface area contributed by atoms with E-state index in [0.717, 1.165) is 13.0 Å². The van der Waals surface area contributed by atoms with E-state index in [9.17, 15) is 4.79 Å². The monoisotopic (exact) mass is 262 g/mol. The van der Waals surface area contributed by atoms with Gasteiger partial charge in [0, 0.05) is 13.1 Å². The second-order valence-electron chi connectivity index (χ2n) is 5.12. The summed E-state index contributed by atoms with van der Waals surface area (Å²) in [6.45, 7) is 5.86. The Bertz CT molecular complexity index is 432. The second kappa shape index (κ2) is 6.68. The standard InChI is InChI=1S/C15H22N2O2/c1-11(2)19-8-7-16-15(18)14-9-12-5-3-4-6-13(12)10-17-14/h3-6,11,14,17H,7-10H2,1-2H3,(H,16,18)/t14-/m0/s1. The summed E-state index contributed by atoms with van der Waals surface area (Å²) in [5.74, 6) is 0.0573. The molecule has 104 valence electrons. The van der Waals surface area contributed by atoms with E-state index in [0.29, 0.717) is 13.2 Å². The number of rotatable bonds is 5. The molecule has 2 rings (SSSR count). The number of carbonyl (C=O) groups excluding carboxylic acids is 1. The number of hydrogen-bond donors (Lipinski definition) is 2. The lowest BCUT2D eigenvalue weighted by atomic mass is 9.95. The van der Waals surface area contributed by atoms with Crippen LogP contribution < -0.4 is 10.6 Å². The molecule has 0 aliphatic carbocycles. The van der Waals surface area contributed by atoms with E-state index < -0.39 is 0 Å². The van der Waals surface area contributed by atoms with Crippen LogP contribution in [0.3, 0.4) is 0 Å². The maximum Gasteiger partial charge on any atom is 0.237 e. The van der Waals surface area contributed by atoms with Crippen LogP contribution in [0, 0.1) is 0 Å². The first kappa shape index (κ1) is 14.0. The highest BCUT2D eigenvalue weighted by atomic mass is 16.5. The Balaban J connectivity index is 1.79. The van der Waals surface area contributed by atoms with Crippen LogP contribution in [0.2, 0.25) is 0 Å². The first-order valence-electron chi connectivity index (χ1n) is 6.86. The van der Waals surface area contributed by atoms with E-state index in [-0.39, 0.29) is 18.1 Å². The molecule has 19 heavy (non-hydrogen) atoms. The minimum absolute atomic E-state index is 0.0573. The number of carbonyl (C=O) groups is 1. The summed E-state index contributed by atoms with van der Waals surface area (Å²) in [5.41, 5.74) is 2.55. The Morgan fingerprint density at radius 1 is 1.42 bits per heavy atom. The van der Waals surface area contributed by atoms with Crippen LogP contribution in [-0.4, -0.2) is 31.2 Å². The van der Waals surface area contributed by atoms with Gasteiger partial charge < -0.3 is 15.4 Å². The van der Waals surface area contributed by atoms with Crippen LogP contribution in [-0.2, 0) is 22.5 Å². The third kappa shape index (κ3) is 4.04. The van der Waals surface area contributed by atoms with Gasteiger partial charge in [0.2, 0.25) is 5.91 Å². The third-order valence-electron chi connectivity index (χ3n) is 3.25. The fourth-order valence-electron chi connectivity index (χ4n) is 2.23. The highest BCUT2D eigenvalue weighted by Gasteiger charge is 2.23. The summed E-state index contributed by atoms with van der Waals surface area (Å²) in [4.78, 5) is 12.0. The number of hydrogen-bond acceptors (Lipinski definition) is 3. The number of nitrogens with one attached hydrogen (secondary N) is 2. The molecule has 1 aromatic rings. The van der Waals surface area contributed by atoms with Gasteiger partial charge in [0.05, 0.1) is 18.8 Å². The fraction of sp³-hybridized carbons (Fsp3) is 0.533. The number of ether oxygens (including phenoxy) is 1. The summed E-state index contributed by atoms with van der Waals surface area (Å²) < 4.78 is 5.40. The molecule has 1 aromatic carbocycles. The lowest BCUT2D eigenvalue weighted by molar-refractivity contribution is -0.123. The van der Waals surface area contributed by atoms with Crippen molar-refractivity contribution in [2.75, 3.05) is 13.2 Å². The molecule has 0 spiro atoms. The fourth-order valence-corrected chi connectivity index (χ4v) is 2.23. The molecule has 0 saturated carbocycles. The molecule has 1 heterocycles. The number of benzene rings is 1. The SMILES string of the molecule is CC(C)OCCNC(=O)[C@@H]1Cc2ccccc2CN1. The number of amides is 1. The summed E-state index contributed by atoms with van der Waals surface area (Å²) in [5, 5.41) is 6.18. The van der Waals surface area contributed by atoms with Gasteiger partial charge >= 0.3 is 0 Å². The average Bonchev–Trinajstić information content (AvgIpc) is 2.42. The molecule has 1 atom stereocenters. The van der Waals surface area contributed by atoms with Crippen molar-refractivity contribution in [1.82, 2.24) is 10.6 Å². The zero-order chi connectivity index (χ0) is 13.7. The van der Waals surface area contributed by atoms with Crippen LogP contribution in [0.15, 0.2) is 24.3 Å². The summed E-state index contributed by atoms with van der Waals surface area (Å²) in [6.07, 6.45) is 0.962. The minimum atomic E-state index is -0.131. The van der Waals surface area contributed by atoms with E-state index in [2.05, 4.69) is 22.8 Å². The average molecular weight is 262 g/mol. The maximum absolute atomic E-state index is 12.0. The van der Waals surface area contributed by atoms with E-state index >= 15 is 0 Å². The van der Waals surface area contributed by atoms with Gasteiger partial charge in [-0.2, -0.15) is 0 Å². The highest BCUT2D eigenvalue weighted by Crippen LogP contribution is 2.16. The lowest BCUT2D eigenvalue weighted by Gasteiger charge is -2.25. The van der Waals surface area contributed by atoms with E-state index in [4.69, 9.17) is 4.74 Å². The first-order chi connectivity index (χ1) is 9.16. The molecule has 0 unspecified atom stereocenters. The van der Waals surface area contributed by atoms with Gasteiger partial charge in [-0.05, 0) is 31.4 Å². The Kier molecular flexibility index (Phi) is 4.93. The zero-order valence-electron chi connectivity index (χ0n) is 11.6. The van der Waals surface area contributed by atoms with E-state index in [1.807, 2.05) is 26.0 Å². The van der Waals surface area contributed by atoms with Crippen molar-refractivity contribution in [3.05, 3.63) is 35.4 Å². The van der Waals surface area contributed by atoms with Crippen molar-refractivity contribution in [3.63, 3.8) is 0 Å². The molecular formula is C15H22N2O2.